The molecule has 1 aromatic carbocycles. The van der Waals surface area contributed by atoms with E-state index in [-0.39, 0.29) is 23.9 Å². The number of hydrogen-bond donors (Lipinski definition) is 2. The van der Waals surface area contributed by atoms with Gasteiger partial charge in [0.15, 0.2) is 0 Å². The minimum absolute atomic E-state index is 0.148. The first kappa shape index (κ1) is 15.3. The first-order valence-corrected chi connectivity index (χ1v) is 8.89. The van der Waals surface area contributed by atoms with Crippen LogP contribution in [0.5, 0.6) is 0 Å². The minimum Gasteiger partial charge on any atom is -0.331 e. The number of hydrogen-bond acceptors (Lipinski definition) is 4. The molecule has 4 nitrogen and oxygen atoms in total. The molecule has 2 amide bonds. The standard InChI is InChI=1S/C15H16FN3OS2/c1-9(14-17-6-8-22-14)18-15(20)19-12-5-7-21-13-10(12)3-2-4-11(13)16/h2-4,6,8-9,12H,5,7H2,1H3,(H2,18,19,20)/t9-,12-/m1/s1. The van der Waals surface area contributed by atoms with Gasteiger partial charge in [0.25, 0.3) is 0 Å². The number of carbonyl (C=O) groups excluding carboxylic acids is 1. The summed E-state index contributed by atoms with van der Waals surface area (Å²) in [6.07, 6.45) is 2.51. The van der Waals surface area contributed by atoms with Gasteiger partial charge in [-0.2, -0.15) is 0 Å². The van der Waals surface area contributed by atoms with Crippen molar-refractivity contribution in [3.8, 4) is 0 Å². The van der Waals surface area contributed by atoms with Crippen LogP contribution in [0.25, 0.3) is 0 Å². The van der Waals surface area contributed by atoms with Crippen molar-refractivity contribution >= 4 is 29.1 Å². The second kappa shape index (κ2) is 6.66. The maximum atomic E-state index is 13.8. The monoisotopic (exact) mass is 337 g/mol. The van der Waals surface area contributed by atoms with Gasteiger partial charge in [-0.3, -0.25) is 0 Å². The van der Waals surface area contributed by atoms with Crippen molar-refractivity contribution < 1.29 is 9.18 Å². The number of aromatic nitrogens is 1. The van der Waals surface area contributed by atoms with E-state index >= 15 is 0 Å². The zero-order valence-electron chi connectivity index (χ0n) is 12.0. The molecule has 0 saturated heterocycles. The van der Waals surface area contributed by atoms with E-state index in [1.54, 1.807) is 12.3 Å². The third kappa shape index (κ3) is 3.25. The molecule has 22 heavy (non-hydrogen) atoms. The van der Waals surface area contributed by atoms with Crippen LogP contribution in [0.3, 0.4) is 0 Å². The average Bonchev–Trinajstić information content (AvgIpc) is 3.02. The molecule has 7 heteroatoms. The summed E-state index contributed by atoms with van der Waals surface area (Å²) in [7, 11) is 0. The van der Waals surface area contributed by atoms with E-state index < -0.39 is 0 Å². The maximum absolute atomic E-state index is 13.8. The van der Waals surface area contributed by atoms with Crippen LogP contribution < -0.4 is 10.6 Å². The summed E-state index contributed by atoms with van der Waals surface area (Å²) in [4.78, 5) is 17.0. The molecule has 3 rings (SSSR count). The van der Waals surface area contributed by atoms with Gasteiger partial charge in [0.05, 0.1) is 12.1 Å². The lowest BCUT2D eigenvalue weighted by molar-refractivity contribution is 0.233. The molecule has 2 N–H and O–H groups in total. The van der Waals surface area contributed by atoms with Gasteiger partial charge in [-0.25, -0.2) is 14.2 Å². The second-order valence-electron chi connectivity index (χ2n) is 5.06. The summed E-state index contributed by atoms with van der Waals surface area (Å²) in [5, 5.41) is 8.55. The zero-order chi connectivity index (χ0) is 15.5. The number of fused-ring (bicyclic) bond motifs is 1. The van der Waals surface area contributed by atoms with Crippen molar-refractivity contribution in [3.05, 3.63) is 46.2 Å². The number of thioether (sulfide) groups is 1. The Morgan fingerprint density at radius 2 is 2.36 bits per heavy atom. The van der Waals surface area contributed by atoms with Gasteiger partial charge in [-0.15, -0.1) is 23.1 Å². The second-order valence-corrected chi connectivity index (χ2v) is 7.09. The Morgan fingerprint density at radius 1 is 1.50 bits per heavy atom. The number of benzene rings is 1. The smallest absolute Gasteiger partial charge is 0.315 e. The van der Waals surface area contributed by atoms with E-state index in [1.807, 2.05) is 18.4 Å². The van der Waals surface area contributed by atoms with Crippen LogP contribution in [0, 0.1) is 5.82 Å². The van der Waals surface area contributed by atoms with Crippen molar-refractivity contribution in [1.82, 2.24) is 15.6 Å². The van der Waals surface area contributed by atoms with Gasteiger partial charge in [-0.1, -0.05) is 12.1 Å². The number of urea groups is 1. The third-order valence-electron chi connectivity index (χ3n) is 3.50. The van der Waals surface area contributed by atoms with Crippen LogP contribution in [0.2, 0.25) is 0 Å². The van der Waals surface area contributed by atoms with Gasteiger partial charge >= 0.3 is 6.03 Å². The summed E-state index contributed by atoms with van der Waals surface area (Å²) in [6, 6.07) is 4.46. The number of rotatable bonds is 3. The molecule has 116 valence electrons. The topological polar surface area (TPSA) is 54.0 Å². The lowest BCUT2D eigenvalue weighted by Crippen LogP contribution is -2.40. The molecule has 2 heterocycles. The van der Waals surface area contributed by atoms with E-state index in [4.69, 9.17) is 0 Å². The summed E-state index contributed by atoms with van der Waals surface area (Å²) in [5.74, 6) is 0.576. The van der Waals surface area contributed by atoms with Crippen LogP contribution >= 0.6 is 23.1 Å². The summed E-state index contributed by atoms with van der Waals surface area (Å²) in [5.41, 5.74) is 0.855. The third-order valence-corrected chi connectivity index (χ3v) is 5.62. The predicted octanol–water partition coefficient (Wildman–Crippen LogP) is 3.88. The summed E-state index contributed by atoms with van der Waals surface area (Å²) in [6.45, 7) is 1.89. The first-order chi connectivity index (χ1) is 10.6. The van der Waals surface area contributed by atoms with E-state index in [0.29, 0.717) is 4.90 Å². The highest BCUT2D eigenvalue weighted by molar-refractivity contribution is 7.99. The Labute approximate surface area is 136 Å². The van der Waals surface area contributed by atoms with Crippen molar-refractivity contribution in [2.24, 2.45) is 0 Å². The average molecular weight is 337 g/mol. The molecular weight excluding hydrogens is 321 g/mol. The minimum atomic E-state index is -0.255. The van der Waals surface area contributed by atoms with E-state index in [0.717, 1.165) is 22.7 Å². The van der Waals surface area contributed by atoms with E-state index in [9.17, 15) is 9.18 Å². The van der Waals surface area contributed by atoms with Gasteiger partial charge < -0.3 is 10.6 Å². The van der Waals surface area contributed by atoms with Gasteiger partial charge in [0.1, 0.15) is 10.8 Å². The molecular formula is C15H16FN3OS2. The van der Waals surface area contributed by atoms with Crippen LogP contribution in [0.15, 0.2) is 34.7 Å². The first-order valence-electron chi connectivity index (χ1n) is 7.03. The number of amides is 2. The highest BCUT2D eigenvalue weighted by atomic mass is 32.2. The Morgan fingerprint density at radius 3 is 3.14 bits per heavy atom. The molecule has 2 aromatic rings. The molecule has 0 saturated carbocycles. The lowest BCUT2D eigenvalue weighted by Gasteiger charge is -2.26. The molecule has 2 atom stereocenters. The number of nitrogens with zero attached hydrogens (tertiary/aromatic N) is 1. The van der Waals surface area contributed by atoms with E-state index in [1.165, 1.54) is 29.2 Å². The number of thiazole rings is 1. The highest BCUT2D eigenvalue weighted by Crippen LogP contribution is 2.37. The quantitative estimate of drug-likeness (QED) is 0.894. The normalized spacial score (nSPS) is 18.4. The Kier molecular flexibility index (Phi) is 4.63. The summed E-state index contributed by atoms with van der Waals surface area (Å²) >= 11 is 3.01. The maximum Gasteiger partial charge on any atom is 0.315 e. The fourth-order valence-corrected chi connectivity index (χ4v) is 4.23. The Hall–Kier alpha value is -1.60. The number of halogens is 1. The fourth-order valence-electron chi connectivity index (χ4n) is 2.44. The van der Waals surface area contributed by atoms with Crippen LogP contribution in [-0.2, 0) is 0 Å². The van der Waals surface area contributed by atoms with Crippen molar-refractivity contribution in [2.45, 2.75) is 30.3 Å². The molecule has 0 fully saturated rings. The lowest BCUT2D eigenvalue weighted by atomic mass is 10.0. The van der Waals surface area contributed by atoms with Crippen molar-refractivity contribution in [2.75, 3.05) is 5.75 Å². The van der Waals surface area contributed by atoms with Crippen LogP contribution in [0.4, 0.5) is 9.18 Å². The fraction of sp³-hybridized carbons (Fsp3) is 0.333. The SMILES string of the molecule is C[C@@H](NC(=O)N[C@@H]1CCSc2c(F)cccc21)c1nccs1. The summed E-state index contributed by atoms with van der Waals surface area (Å²) < 4.78 is 13.8. The van der Waals surface area contributed by atoms with Gasteiger partial charge in [-0.05, 0) is 25.0 Å². The number of nitrogens with one attached hydrogen (secondary N) is 2. The molecule has 0 aliphatic carbocycles. The predicted molar refractivity (Wildman–Crippen MR) is 86.7 cm³/mol. The van der Waals surface area contributed by atoms with Crippen molar-refractivity contribution in [1.29, 1.82) is 0 Å². The van der Waals surface area contributed by atoms with E-state index in [2.05, 4.69) is 15.6 Å². The molecule has 1 aliphatic heterocycles. The molecule has 0 bridgehead atoms. The van der Waals surface area contributed by atoms with Gasteiger partial charge in [0, 0.05) is 22.2 Å². The van der Waals surface area contributed by atoms with Crippen LogP contribution in [0.1, 0.15) is 36.0 Å². The van der Waals surface area contributed by atoms with Crippen molar-refractivity contribution in [3.63, 3.8) is 0 Å². The van der Waals surface area contributed by atoms with Crippen LogP contribution in [-0.4, -0.2) is 16.8 Å². The molecule has 0 unspecified atom stereocenters. The molecule has 1 aromatic heterocycles. The van der Waals surface area contributed by atoms with Gasteiger partial charge in [0.2, 0.25) is 0 Å². The Balaban J connectivity index is 1.67. The number of carbonyl (C=O) groups is 1. The zero-order valence-corrected chi connectivity index (χ0v) is 13.6. The largest absolute Gasteiger partial charge is 0.331 e. The highest BCUT2D eigenvalue weighted by Gasteiger charge is 2.25. The molecule has 1 aliphatic rings. The molecule has 0 spiro atoms. The molecule has 0 radical (unpaired) electrons. The Bertz CT molecular complexity index is 663.